The average molecular weight is 328 g/mol. The third kappa shape index (κ3) is 3.54. The van der Waals surface area contributed by atoms with Crippen LogP contribution in [-0.2, 0) is 14.8 Å². The first-order valence-electron chi connectivity index (χ1n) is 7.94. The lowest BCUT2D eigenvalue weighted by Crippen LogP contribution is -2.38. The van der Waals surface area contributed by atoms with Gasteiger partial charge in [0.25, 0.3) is 0 Å². The van der Waals surface area contributed by atoms with E-state index in [0.717, 1.165) is 0 Å². The zero-order valence-electron chi connectivity index (χ0n) is 14.3. The van der Waals surface area contributed by atoms with E-state index in [1.807, 2.05) is 4.90 Å². The van der Waals surface area contributed by atoms with Gasteiger partial charge in [0.2, 0.25) is 15.9 Å². The Labute approximate surface area is 134 Å². The van der Waals surface area contributed by atoms with E-state index >= 15 is 0 Å². The third-order valence-electron chi connectivity index (χ3n) is 4.93. The lowest BCUT2D eigenvalue weighted by Gasteiger charge is -2.21. The number of carbonyl (C=O) groups is 1. The number of rotatable bonds is 3. The Morgan fingerprint density at radius 2 is 1.77 bits per heavy atom. The summed E-state index contributed by atoms with van der Waals surface area (Å²) in [5.74, 6) is 0.522. The number of carbonyl (C=O) groups excluding carboxylic acids is 1. The summed E-state index contributed by atoms with van der Waals surface area (Å²) >= 11 is 0. The Kier molecular flexibility index (Phi) is 4.74. The van der Waals surface area contributed by atoms with E-state index in [4.69, 9.17) is 0 Å². The van der Waals surface area contributed by atoms with E-state index in [-0.39, 0.29) is 17.2 Å². The monoisotopic (exact) mass is 328 g/mol. The molecule has 22 heavy (non-hydrogen) atoms. The Morgan fingerprint density at radius 3 is 2.32 bits per heavy atom. The van der Waals surface area contributed by atoms with Crippen molar-refractivity contribution in [1.29, 1.82) is 0 Å². The first kappa shape index (κ1) is 17.5. The summed E-state index contributed by atoms with van der Waals surface area (Å²) in [5.41, 5.74) is 1.25. The highest BCUT2D eigenvalue weighted by atomic mass is 32.2. The molecule has 2 unspecified atom stereocenters. The molecule has 1 heterocycles. The summed E-state index contributed by atoms with van der Waals surface area (Å²) in [6, 6.07) is 0. The fourth-order valence-corrected chi connectivity index (χ4v) is 4.34. The standard InChI is InChI=1S/C16H28N2O3S/c1-12(2)11-13-14(16(13,3)4)15(19)17-7-6-8-18(10-9-17)22(5,20)21/h11,13-14H,6-10H2,1-5H3. The maximum absolute atomic E-state index is 12.8. The van der Waals surface area contributed by atoms with Crippen LogP contribution in [0.25, 0.3) is 0 Å². The summed E-state index contributed by atoms with van der Waals surface area (Å²) in [7, 11) is -3.17. The third-order valence-corrected chi connectivity index (χ3v) is 6.23. The molecule has 0 aromatic carbocycles. The molecule has 1 aliphatic carbocycles. The molecule has 2 atom stereocenters. The van der Waals surface area contributed by atoms with E-state index in [2.05, 4.69) is 33.8 Å². The lowest BCUT2D eigenvalue weighted by atomic mass is 10.1. The molecule has 2 fully saturated rings. The molecule has 1 saturated heterocycles. The van der Waals surface area contributed by atoms with Crippen LogP contribution in [0.3, 0.4) is 0 Å². The second-order valence-corrected chi connectivity index (χ2v) is 9.39. The van der Waals surface area contributed by atoms with E-state index in [1.165, 1.54) is 16.1 Å². The van der Waals surface area contributed by atoms with Gasteiger partial charge in [-0.05, 0) is 31.6 Å². The fraction of sp³-hybridized carbons (Fsp3) is 0.812. The van der Waals surface area contributed by atoms with Crippen molar-refractivity contribution >= 4 is 15.9 Å². The van der Waals surface area contributed by atoms with Gasteiger partial charge in [0.15, 0.2) is 0 Å². The van der Waals surface area contributed by atoms with Crippen molar-refractivity contribution in [2.45, 2.75) is 34.1 Å². The molecular weight excluding hydrogens is 300 g/mol. The van der Waals surface area contributed by atoms with Gasteiger partial charge in [-0.1, -0.05) is 25.5 Å². The number of hydrogen-bond acceptors (Lipinski definition) is 3. The molecule has 2 rings (SSSR count). The molecule has 1 amide bonds. The van der Waals surface area contributed by atoms with Crippen molar-refractivity contribution in [2.75, 3.05) is 32.4 Å². The molecule has 5 nitrogen and oxygen atoms in total. The smallest absolute Gasteiger partial charge is 0.226 e. The lowest BCUT2D eigenvalue weighted by molar-refractivity contribution is -0.133. The van der Waals surface area contributed by atoms with Crippen LogP contribution >= 0.6 is 0 Å². The van der Waals surface area contributed by atoms with Crippen LogP contribution in [-0.4, -0.2) is 56.0 Å². The molecule has 0 spiro atoms. The van der Waals surface area contributed by atoms with E-state index in [1.54, 1.807) is 0 Å². The highest BCUT2D eigenvalue weighted by Crippen LogP contribution is 2.60. The van der Waals surface area contributed by atoms with Crippen molar-refractivity contribution in [3.8, 4) is 0 Å². The van der Waals surface area contributed by atoms with Gasteiger partial charge in [0.1, 0.15) is 0 Å². The number of allylic oxidation sites excluding steroid dienone is 2. The SMILES string of the molecule is CC(C)=CC1C(C(=O)N2CCCN(S(C)(=O)=O)CC2)C1(C)C. The predicted octanol–water partition coefficient (Wildman–Crippen LogP) is 1.72. The molecule has 2 aliphatic rings. The number of nitrogens with zero attached hydrogens (tertiary/aromatic N) is 2. The maximum atomic E-state index is 12.8. The van der Waals surface area contributed by atoms with Gasteiger partial charge in [0.05, 0.1) is 12.2 Å². The number of amides is 1. The van der Waals surface area contributed by atoms with Crippen LogP contribution < -0.4 is 0 Å². The van der Waals surface area contributed by atoms with Gasteiger partial charge < -0.3 is 4.90 Å². The Balaban J connectivity index is 2.04. The van der Waals surface area contributed by atoms with Crippen molar-refractivity contribution in [2.24, 2.45) is 17.3 Å². The van der Waals surface area contributed by atoms with E-state index in [0.29, 0.717) is 38.5 Å². The van der Waals surface area contributed by atoms with Crippen molar-refractivity contribution < 1.29 is 13.2 Å². The van der Waals surface area contributed by atoms with Gasteiger partial charge in [-0.15, -0.1) is 0 Å². The maximum Gasteiger partial charge on any atom is 0.226 e. The summed E-state index contributed by atoms with van der Waals surface area (Å²) in [6.45, 7) is 10.5. The van der Waals surface area contributed by atoms with Crippen LogP contribution in [0.15, 0.2) is 11.6 Å². The summed E-state index contributed by atoms with van der Waals surface area (Å²) in [5, 5.41) is 0. The predicted molar refractivity (Wildman–Crippen MR) is 87.8 cm³/mol. The number of sulfonamides is 1. The number of hydrogen-bond donors (Lipinski definition) is 0. The largest absolute Gasteiger partial charge is 0.341 e. The molecule has 126 valence electrons. The molecule has 0 aromatic rings. The normalized spacial score (nSPS) is 28.9. The van der Waals surface area contributed by atoms with Crippen molar-refractivity contribution in [1.82, 2.24) is 9.21 Å². The fourth-order valence-electron chi connectivity index (χ4n) is 3.46. The van der Waals surface area contributed by atoms with Crippen molar-refractivity contribution in [3.63, 3.8) is 0 Å². The zero-order valence-corrected chi connectivity index (χ0v) is 15.1. The van der Waals surface area contributed by atoms with Crippen LogP contribution in [0.1, 0.15) is 34.1 Å². The topological polar surface area (TPSA) is 57.7 Å². The van der Waals surface area contributed by atoms with Crippen LogP contribution in [0.2, 0.25) is 0 Å². The highest BCUT2D eigenvalue weighted by molar-refractivity contribution is 7.88. The van der Waals surface area contributed by atoms with Gasteiger partial charge >= 0.3 is 0 Å². The molecule has 0 N–H and O–H groups in total. The molecule has 1 saturated carbocycles. The van der Waals surface area contributed by atoms with Gasteiger partial charge in [-0.2, -0.15) is 0 Å². The molecular formula is C16H28N2O3S. The Hall–Kier alpha value is -0.880. The molecule has 0 radical (unpaired) electrons. The Bertz CT molecular complexity index is 576. The van der Waals surface area contributed by atoms with Crippen LogP contribution in [0.5, 0.6) is 0 Å². The molecule has 0 bridgehead atoms. The molecule has 1 aliphatic heterocycles. The van der Waals surface area contributed by atoms with Crippen LogP contribution in [0, 0.1) is 17.3 Å². The second-order valence-electron chi connectivity index (χ2n) is 7.41. The molecule has 6 heteroatoms. The highest BCUT2D eigenvalue weighted by Gasteiger charge is 2.61. The summed E-state index contributed by atoms with van der Waals surface area (Å²) in [6.07, 6.45) is 4.14. The van der Waals surface area contributed by atoms with E-state index < -0.39 is 10.0 Å². The minimum atomic E-state index is -3.17. The average Bonchev–Trinajstić information content (AvgIpc) is 2.98. The minimum Gasteiger partial charge on any atom is -0.341 e. The minimum absolute atomic E-state index is 0.0111. The first-order chi connectivity index (χ1) is 10.0. The van der Waals surface area contributed by atoms with Gasteiger partial charge in [-0.3, -0.25) is 4.79 Å². The molecule has 0 aromatic heterocycles. The van der Waals surface area contributed by atoms with Crippen LogP contribution in [0.4, 0.5) is 0 Å². The van der Waals surface area contributed by atoms with Crippen molar-refractivity contribution in [3.05, 3.63) is 11.6 Å². The quantitative estimate of drug-likeness (QED) is 0.741. The second kappa shape index (κ2) is 5.96. The van der Waals surface area contributed by atoms with Gasteiger partial charge in [0, 0.05) is 26.2 Å². The van der Waals surface area contributed by atoms with E-state index in [9.17, 15) is 13.2 Å². The van der Waals surface area contributed by atoms with Gasteiger partial charge in [-0.25, -0.2) is 12.7 Å². The summed E-state index contributed by atoms with van der Waals surface area (Å²) in [4.78, 5) is 14.7. The first-order valence-corrected chi connectivity index (χ1v) is 9.79. The zero-order chi connectivity index (χ0) is 16.7. The summed E-state index contributed by atoms with van der Waals surface area (Å²) < 4.78 is 24.8. The Morgan fingerprint density at radius 1 is 1.14 bits per heavy atom.